The first kappa shape index (κ1) is 14.5. The summed E-state index contributed by atoms with van der Waals surface area (Å²) in [6.07, 6.45) is 3.41. The average molecular weight is 262 g/mol. The van der Waals surface area contributed by atoms with Crippen molar-refractivity contribution in [1.29, 1.82) is 0 Å². The van der Waals surface area contributed by atoms with Crippen molar-refractivity contribution < 1.29 is 5.11 Å². The molecule has 0 spiro atoms. The highest BCUT2D eigenvalue weighted by Crippen LogP contribution is 2.28. The van der Waals surface area contributed by atoms with Gasteiger partial charge in [-0.1, -0.05) is 24.3 Å². The van der Waals surface area contributed by atoms with Crippen LogP contribution in [-0.4, -0.2) is 43.7 Å². The number of rotatable bonds is 4. The van der Waals surface area contributed by atoms with E-state index in [1.54, 1.807) is 0 Å². The molecule has 0 bridgehead atoms. The van der Waals surface area contributed by atoms with Gasteiger partial charge in [-0.25, -0.2) is 0 Å². The summed E-state index contributed by atoms with van der Waals surface area (Å²) in [6, 6.07) is 8.55. The van der Waals surface area contributed by atoms with Crippen LogP contribution in [0.4, 0.5) is 0 Å². The summed E-state index contributed by atoms with van der Waals surface area (Å²) in [4.78, 5) is 2.42. The van der Waals surface area contributed by atoms with E-state index in [0.29, 0.717) is 12.5 Å². The lowest BCUT2D eigenvalue weighted by atomic mass is 9.91. The second-order valence-electron chi connectivity index (χ2n) is 5.67. The molecule has 1 heterocycles. The molecule has 1 saturated heterocycles. The zero-order valence-corrected chi connectivity index (χ0v) is 12.1. The van der Waals surface area contributed by atoms with Gasteiger partial charge in [-0.15, -0.1) is 0 Å². The van der Waals surface area contributed by atoms with Gasteiger partial charge in [0.05, 0.1) is 6.10 Å². The molecule has 106 valence electrons. The number of likely N-dealkylation sites (N-methyl/N-ethyl adjacent to an activating group) is 1. The standard InChI is InChI=1S/C16H26N2O/c1-17-12-16(19)15-7-5-14(6-8-15)13-4-3-10-18(2)11-9-13/h5-8,13,16-17,19H,3-4,9-12H2,1-2H3. The van der Waals surface area contributed by atoms with Gasteiger partial charge in [0.25, 0.3) is 0 Å². The number of hydrogen-bond donors (Lipinski definition) is 2. The molecule has 3 nitrogen and oxygen atoms in total. The number of nitrogens with zero attached hydrogens (tertiary/aromatic N) is 1. The fourth-order valence-corrected chi connectivity index (χ4v) is 2.87. The number of aliphatic hydroxyl groups is 1. The molecule has 19 heavy (non-hydrogen) atoms. The van der Waals surface area contributed by atoms with Crippen molar-refractivity contribution in [3.05, 3.63) is 35.4 Å². The number of aliphatic hydroxyl groups excluding tert-OH is 1. The maximum absolute atomic E-state index is 9.93. The van der Waals surface area contributed by atoms with Gasteiger partial charge in [0.15, 0.2) is 0 Å². The molecule has 2 N–H and O–H groups in total. The van der Waals surface area contributed by atoms with Crippen molar-refractivity contribution in [2.24, 2.45) is 0 Å². The SMILES string of the molecule is CNCC(O)c1ccc(C2CCCN(C)CC2)cc1. The molecule has 0 saturated carbocycles. The zero-order valence-electron chi connectivity index (χ0n) is 12.1. The van der Waals surface area contributed by atoms with Crippen molar-refractivity contribution in [2.45, 2.75) is 31.3 Å². The topological polar surface area (TPSA) is 35.5 Å². The monoisotopic (exact) mass is 262 g/mol. The number of nitrogens with one attached hydrogen (secondary N) is 1. The van der Waals surface area contributed by atoms with Crippen LogP contribution in [0, 0.1) is 0 Å². The van der Waals surface area contributed by atoms with Crippen LogP contribution in [0.15, 0.2) is 24.3 Å². The third-order valence-corrected chi connectivity index (χ3v) is 4.14. The van der Waals surface area contributed by atoms with Crippen LogP contribution in [0.5, 0.6) is 0 Å². The fraction of sp³-hybridized carbons (Fsp3) is 0.625. The molecular weight excluding hydrogens is 236 g/mol. The number of benzene rings is 1. The first-order chi connectivity index (χ1) is 9.20. The Bertz CT molecular complexity index is 377. The molecule has 3 heteroatoms. The molecule has 0 aromatic heterocycles. The second-order valence-corrected chi connectivity index (χ2v) is 5.67. The van der Waals surface area contributed by atoms with Crippen molar-refractivity contribution in [3.63, 3.8) is 0 Å². The van der Waals surface area contributed by atoms with Crippen LogP contribution >= 0.6 is 0 Å². The maximum Gasteiger partial charge on any atom is 0.0914 e. The molecule has 2 rings (SSSR count). The Morgan fingerprint density at radius 2 is 2.00 bits per heavy atom. The quantitative estimate of drug-likeness (QED) is 0.872. The summed E-state index contributed by atoms with van der Waals surface area (Å²) in [7, 11) is 4.07. The summed E-state index contributed by atoms with van der Waals surface area (Å²) in [5, 5.41) is 12.9. The minimum Gasteiger partial charge on any atom is -0.387 e. The van der Waals surface area contributed by atoms with E-state index in [1.165, 1.54) is 37.9 Å². The molecule has 0 radical (unpaired) electrons. The van der Waals surface area contributed by atoms with E-state index < -0.39 is 6.10 Å². The van der Waals surface area contributed by atoms with E-state index in [-0.39, 0.29) is 0 Å². The molecule has 1 aliphatic rings. The lowest BCUT2D eigenvalue weighted by Crippen LogP contribution is -2.18. The third-order valence-electron chi connectivity index (χ3n) is 4.14. The van der Waals surface area contributed by atoms with Crippen molar-refractivity contribution in [2.75, 3.05) is 33.7 Å². The second kappa shape index (κ2) is 7.04. The summed E-state index contributed by atoms with van der Waals surface area (Å²) in [5.41, 5.74) is 2.43. The van der Waals surface area contributed by atoms with Gasteiger partial charge in [-0.05, 0) is 63.5 Å². The predicted molar refractivity (Wildman–Crippen MR) is 79.4 cm³/mol. The van der Waals surface area contributed by atoms with Crippen LogP contribution in [0.3, 0.4) is 0 Å². The minimum atomic E-state index is -0.403. The van der Waals surface area contributed by atoms with E-state index in [9.17, 15) is 5.11 Å². The lowest BCUT2D eigenvalue weighted by Gasteiger charge is -2.17. The van der Waals surface area contributed by atoms with Crippen LogP contribution in [-0.2, 0) is 0 Å². The van der Waals surface area contributed by atoms with Gasteiger partial charge >= 0.3 is 0 Å². The highest BCUT2D eigenvalue weighted by molar-refractivity contribution is 5.27. The van der Waals surface area contributed by atoms with Crippen LogP contribution in [0.1, 0.15) is 42.4 Å². The Kier molecular flexibility index (Phi) is 5.37. The lowest BCUT2D eigenvalue weighted by molar-refractivity contribution is 0.178. The molecule has 0 amide bonds. The Labute approximate surface area is 116 Å². The Balaban J connectivity index is 2.01. The number of hydrogen-bond acceptors (Lipinski definition) is 3. The minimum absolute atomic E-state index is 0.403. The predicted octanol–water partition coefficient (Wildman–Crippen LogP) is 2.14. The molecular formula is C16H26N2O. The molecule has 1 fully saturated rings. The van der Waals surface area contributed by atoms with Crippen molar-refractivity contribution in [1.82, 2.24) is 10.2 Å². The van der Waals surface area contributed by atoms with Gasteiger partial charge in [0.2, 0.25) is 0 Å². The smallest absolute Gasteiger partial charge is 0.0914 e. The molecule has 2 unspecified atom stereocenters. The first-order valence-electron chi connectivity index (χ1n) is 7.31. The van der Waals surface area contributed by atoms with Gasteiger partial charge in [-0.2, -0.15) is 0 Å². The Hall–Kier alpha value is -0.900. The zero-order chi connectivity index (χ0) is 13.7. The van der Waals surface area contributed by atoms with E-state index in [2.05, 4.69) is 41.5 Å². The van der Waals surface area contributed by atoms with Gasteiger partial charge in [-0.3, -0.25) is 0 Å². The van der Waals surface area contributed by atoms with Crippen molar-refractivity contribution in [3.8, 4) is 0 Å². The maximum atomic E-state index is 9.93. The fourth-order valence-electron chi connectivity index (χ4n) is 2.87. The van der Waals surface area contributed by atoms with Gasteiger partial charge in [0.1, 0.15) is 0 Å². The highest BCUT2D eigenvalue weighted by Gasteiger charge is 2.16. The third kappa shape index (κ3) is 4.03. The molecule has 1 aromatic rings. The Morgan fingerprint density at radius 1 is 1.26 bits per heavy atom. The molecule has 1 aliphatic heterocycles. The van der Waals surface area contributed by atoms with Crippen LogP contribution < -0.4 is 5.32 Å². The molecule has 2 atom stereocenters. The van der Waals surface area contributed by atoms with E-state index in [4.69, 9.17) is 0 Å². The summed E-state index contributed by atoms with van der Waals surface area (Å²) in [6.45, 7) is 3.01. The van der Waals surface area contributed by atoms with Gasteiger partial charge in [0, 0.05) is 6.54 Å². The normalized spacial score (nSPS) is 23.0. The molecule has 0 aliphatic carbocycles. The Morgan fingerprint density at radius 3 is 2.68 bits per heavy atom. The highest BCUT2D eigenvalue weighted by atomic mass is 16.3. The van der Waals surface area contributed by atoms with Gasteiger partial charge < -0.3 is 15.3 Å². The number of likely N-dealkylation sites (tertiary alicyclic amines) is 1. The van der Waals surface area contributed by atoms with E-state index in [1.807, 2.05) is 7.05 Å². The van der Waals surface area contributed by atoms with Crippen molar-refractivity contribution >= 4 is 0 Å². The average Bonchev–Trinajstić information content (AvgIpc) is 2.64. The van der Waals surface area contributed by atoms with Crippen LogP contribution in [0.2, 0.25) is 0 Å². The summed E-state index contributed by atoms with van der Waals surface area (Å²) >= 11 is 0. The first-order valence-corrected chi connectivity index (χ1v) is 7.31. The largest absolute Gasteiger partial charge is 0.387 e. The summed E-state index contributed by atoms with van der Waals surface area (Å²) in [5.74, 6) is 0.681. The van der Waals surface area contributed by atoms with E-state index in [0.717, 1.165) is 5.56 Å². The van der Waals surface area contributed by atoms with Crippen LogP contribution in [0.25, 0.3) is 0 Å². The summed E-state index contributed by atoms with van der Waals surface area (Å²) < 4.78 is 0. The van der Waals surface area contributed by atoms with E-state index >= 15 is 0 Å². The molecule has 1 aromatic carbocycles.